The zero-order chi connectivity index (χ0) is 29.6. The van der Waals surface area contributed by atoms with Crippen LogP contribution in [0.1, 0.15) is 42.4 Å². The molecule has 10 heteroatoms. The Kier molecular flexibility index (Phi) is 10.3. The summed E-state index contributed by atoms with van der Waals surface area (Å²) in [4.78, 5) is 29.5. The first-order chi connectivity index (χ1) is 19.5. The molecule has 218 valence electrons. The lowest BCUT2D eigenvalue weighted by atomic mass is 10.0. The maximum Gasteiger partial charge on any atom is 0.244 e. The fourth-order valence-electron chi connectivity index (χ4n) is 5.15. The smallest absolute Gasteiger partial charge is 0.244 e. The lowest BCUT2D eigenvalue weighted by Crippen LogP contribution is -2.54. The van der Waals surface area contributed by atoms with Crippen LogP contribution in [0.4, 0.5) is 5.69 Å². The molecule has 2 amide bonds. The van der Waals surface area contributed by atoms with Crippen molar-refractivity contribution in [3.63, 3.8) is 0 Å². The minimum Gasteiger partial charge on any atom is -0.352 e. The molecule has 0 aromatic heterocycles. The van der Waals surface area contributed by atoms with E-state index in [0.29, 0.717) is 21.3 Å². The van der Waals surface area contributed by atoms with Gasteiger partial charge in [0.15, 0.2) is 0 Å². The number of hydrogen-bond donors (Lipinski definition) is 1. The zero-order valence-corrected chi connectivity index (χ0v) is 25.6. The van der Waals surface area contributed by atoms with Gasteiger partial charge in [-0.2, -0.15) is 0 Å². The molecule has 0 heterocycles. The maximum atomic E-state index is 14.2. The van der Waals surface area contributed by atoms with Crippen molar-refractivity contribution in [2.75, 3.05) is 17.1 Å². The van der Waals surface area contributed by atoms with Crippen LogP contribution in [0.15, 0.2) is 72.8 Å². The summed E-state index contributed by atoms with van der Waals surface area (Å²) >= 11 is 12.4. The Balaban J connectivity index is 1.74. The van der Waals surface area contributed by atoms with E-state index in [0.717, 1.165) is 47.4 Å². The van der Waals surface area contributed by atoms with Crippen LogP contribution in [0.3, 0.4) is 0 Å². The standard InChI is InChI=1S/C31H35Cl2N3O4S/c1-22-9-8-14-26(17-22)36(41(2,39)40)21-30(37)35(20-24-15-16-27(32)28(33)18-24)29(19-23-10-4-3-5-11-23)31(38)34-25-12-6-7-13-25/h3-5,8-11,14-18,25,29H,6-7,12-13,19-21H2,1-2H3,(H,34,38)/t29-/m0/s1. The van der Waals surface area contributed by atoms with E-state index in [1.165, 1.54) is 4.90 Å². The van der Waals surface area contributed by atoms with Crippen LogP contribution in [0.25, 0.3) is 0 Å². The average Bonchev–Trinajstić information content (AvgIpc) is 3.44. The highest BCUT2D eigenvalue weighted by Crippen LogP contribution is 2.26. The van der Waals surface area contributed by atoms with Crippen molar-refractivity contribution in [2.45, 2.75) is 57.7 Å². The number of aryl methyl sites for hydroxylation is 1. The molecular weight excluding hydrogens is 581 g/mol. The molecule has 1 aliphatic carbocycles. The third-order valence-electron chi connectivity index (χ3n) is 7.28. The molecule has 0 spiro atoms. The van der Waals surface area contributed by atoms with Crippen molar-refractivity contribution < 1.29 is 18.0 Å². The highest BCUT2D eigenvalue weighted by Gasteiger charge is 2.34. The van der Waals surface area contributed by atoms with E-state index in [-0.39, 0.29) is 24.9 Å². The van der Waals surface area contributed by atoms with Gasteiger partial charge in [-0.15, -0.1) is 0 Å². The molecule has 1 N–H and O–H groups in total. The molecule has 1 atom stereocenters. The number of amides is 2. The third kappa shape index (κ3) is 8.47. The van der Waals surface area contributed by atoms with Gasteiger partial charge in [-0.1, -0.05) is 84.6 Å². The van der Waals surface area contributed by atoms with Crippen molar-refractivity contribution in [3.8, 4) is 0 Å². The van der Waals surface area contributed by atoms with E-state index in [1.54, 1.807) is 36.4 Å². The number of benzene rings is 3. The van der Waals surface area contributed by atoms with Gasteiger partial charge < -0.3 is 10.2 Å². The van der Waals surface area contributed by atoms with Gasteiger partial charge in [0.05, 0.1) is 22.0 Å². The van der Waals surface area contributed by atoms with Gasteiger partial charge in [-0.3, -0.25) is 13.9 Å². The molecule has 1 fully saturated rings. The molecule has 1 saturated carbocycles. The predicted octanol–water partition coefficient (Wildman–Crippen LogP) is 5.77. The topological polar surface area (TPSA) is 86.8 Å². The van der Waals surface area contributed by atoms with Crippen molar-refractivity contribution >= 4 is 50.7 Å². The zero-order valence-electron chi connectivity index (χ0n) is 23.2. The molecule has 0 unspecified atom stereocenters. The number of nitrogens with zero attached hydrogens (tertiary/aromatic N) is 2. The Morgan fingerprint density at radius 1 is 0.927 bits per heavy atom. The largest absolute Gasteiger partial charge is 0.352 e. The number of carbonyl (C=O) groups is 2. The van der Waals surface area contributed by atoms with Crippen LogP contribution in [0.5, 0.6) is 0 Å². The fraction of sp³-hybridized carbons (Fsp3) is 0.355. The van der Waals surface area contributed by atoms with Gasteiger partial charge in [-0.25, -0.2) is 8.42 Å². The van der Waals surface area contributed by atoms with Crippen LogP contribution < -0.4 is 9.62 Å². The molecule has 0 bridgehead atoms. The third-order valence-corrected chi connectivity index (χ3v) is 9.16. The number of anilines is 1. The Hall–Kier alpha value is -3.07. The van der Waals surface area contributed by atoms with Crippen LogP contribution in [0.2, 0.25) is 10.0 Å². The minimum absolute atomic E-state index is 0.0384. The number of carbonyl (C=O) groups excluding carboxylic acids is 2. The fourth-order valence-corrected chi connectivity index (χ4v) is 6.32. The van der Waals surface area contributed by atoms with Crippen LogP contribution >= 0.6 is 23.2 Å². The Morgan fingerprint density at radius 3 is 2.27 bits per heavy atom. The summed E-state index contributed by atoms with van der Waals surface area (Å²) in [6, 6.07) is 20.6. The van der Waals surface area contributed by atoms with Crippen molar-refractivity contribution in [1.29, 1.82) is 0 Å². The normalized spacial score (nSPS) is 14.4. The molecule has 1 aliphatic rings. The second-order valence-electron chi connectivity index (χ2n) is 10.6. The molecule has 0 aliphatic heterocycles. The molecule has 4 rings (SSSR count). The maximum absolute atomic E-state index is 14.2. The molecular formula is C31H35Cl2N3O4S. The van der Waals surface area contributed by atoms with Crippen LogP contribution in [-0.2, 0) is 32.6 Å². The number of sulfonamides is 1. The van der Waals surface area contributed by atoms with E-state index in [4.69, 9.17) is 23.2 Å². The molecule has 3 aromatic carbocycles. The summed E-state index contributed by atoms with van der Waals surface area (Å²) in [7, 11) is -3.83. The first-order valence-electron chi connectivity index (χ1n) is 13.6. The summed E-state index contributed by atoms with van der Waals surface area (Å²) in [5.74, 6) is -0.777. The van der Waals surface area contributed by atoms with Gasteiger partial charge in [0.1, 0.15) is 12.6 Å². The molecule has 0 radical (unpaired) electrons. The highest BCUT2D eigenvalue weighted by atomic mass is 35.5. The predicted molar refractivity (Wildman–Crippen MR) is 165 cm³/mol. The van der Waals surface area contributed by atoms with Gasteiger partial charge >= 0.3 is 0 Å². The van der Waals surface area contributed by atoms with Crippen LogP contribution in [-0.4, -0.2) is 50.0 Å². The van der Waals surface area contributed by atoms with E-state index in [2.05, 4.69) is 5.32 Å². The monoisotopic (exact) mass is 615 g/mol. The summed E-state index contributed by atoms with van der Waals surface area (Å²) in [6.07, 6.45) is 5.19. The molecule has 3 aromatic rings. The van der Waals surface area contributed by atoms with E-state index < -0.39 is 28.5 Å². The molecule has 7 nitrogen and oxygen atoms in total. The first-order valence-corrected chi connectivity index (χ1v) is 16.2. The lowest BCUT2D eigenvalue weighted by molar-refractivity contribution is -0.140. The second-order valence-corrected chi connectivity index (χ2v) is 13.3. The van der Waals surface area contributed by atoms with E-state index in [9.17, 15) is 18.0 Å². The Morgan fingerprint density at radius 2 is 1.63 bits per heavy atom. The van der Waals surface area contributed by atoms with Crippen LogP contribution in [0, 0.1) is 6.92 Å². The minimum atomic E-state index is -3.83. The number of nitrogens with one attached hydrogen (secondary N) is 1. The van der Waals surface area contributed by atoms with Gasteiger partial charge in [0.25, 0.3) is 0 Å². The number of rotatable bonds is 11. The summed E-state index contributed by atoms with van der Waals surface area (Å²) < 4.78 is 26.9. The molecule has 0 saturated heterocycles. The van der Waals surface area contributed by atoms with Crippen molar-refractivity contribution in [2.24, 2.45) is 0 Å². The van der Waals surface area contributed by atoms with Crippen molar-refractivity contribution in [3.05, 3.63) is 99.5 Å². The van der Waals surface area contributed by atoms with Gasteiger partial charge in [0, 0.05) is 19.0 Å². The van der Waals surface area contributed by atoms with Crippen molar-refractivity contribution in [1.82, 2.24) is 10.2 Å². The number of hydrogen-bond acceptors (Lipinski definition) is 4. The summed E-state index contributed by atoms with van der Waals surface area (Å²) in [6.45, 7) is 1.42. The average molecular weight is 617 g/mol. The van der Waals surface area contributed by atoms with Gasteiger partial charge in [0.2, 0.25) is 21.8 Å². The highest BCUT2D eigenvalue weighted by molar-refractivity contribution is 7.92. The molecule has 41 heavy (non-hydrogen) atoms. The summed E-state index contributed by atoms with van der Waals surface area (Å²) in [5.41, 5.74) is 2.78. The Labute approximate surface area is 252 Å². The number of halogens is 2. The first kappa shape index (κ1) is 30.9. The van der Waals surface area contributed by atoms with E-state index >= 15 is 0 Å². The summed E-state index contributed by atoms with van der Waals surface area (Å²) in [5, 5.41) is 3.85. The SMILES string of the molecule is Cc1cccc(N(CC(=O)N(Cc2ccc(Cl)c(Cl)c2)[C@@H](Cc2ccccc2)C(=O)NC2CCCC2)S(C)(=O)=O)c1. The Bertz CT molecular complexity index is 1480. The quantitative estimate of drug-likeness (QED) is 0.297. The van der Waals surface area contributed by atoms with E-state index in [1.807, 2.05) is 43.3 Å². The second kappa shape index (κ2) is 13.7. The lowest BCUT2D eigenvalue weighted by Gasteiger charge is -2.34. The van der Waals surface area contributed by atoms with Gasteiger partial charge in [-0.05, 0) is 60.7 Å².